The van der Waals surface area contributed by atoms with Crippen LogP contribution in [0.15, 0.2) is 48.5 Å². The zero-order chi connectivity index (χ0) is 34.1. The van der Waals surface area contributed by atoms with Gasteiger partial charge in [-0.15, -0.1) is 0 Å². The Bertz CT molecular complexity index is 994. The van der Waals surface area contributed by atoms with E-state index in [9.17, 15) is 0 Å². The van der Waals surface area contributed by atoms with Crippen molar-refractivity contribution < 1.29 is 32.2 Å². The van der Waals surface area contributed by atoms with E-state index in [1.54, 1.807) is 7.11 Å². The van der Waals surface area contributed by atoms with Gasteiger partial charge in [0, 0.05) is 45.0 Å². The van der Waals surface area contributed by atoms with Gasteiger partial charge < -0.3 is 32.2 Å². The van der Waals surface area contributed by atoms with Crippen LogP contribution in [-0.2, 0) is 22.8 Å². The normalized spacial score (nSPS) is 12.0. The number of ether oxygens (including phenoxy) is 4. The number of hydrogen-bond acceptors (Lipinski definition) is 7. The molecule has 2 aromatic carbocycles. The van der Waals surface area contributed by atoms with E-state index in [4.69, 9.17) is 32.2 Å². The Morgan fingerprint density at radius 2 is 0.936 bits per heavy atom. The summed E-state index contributed by atoms with van der Waals surface area (Å²) in [6, 6.07) is 17.4. The average Bonchev–Trinajstić information content (AvgIpc) is 3.09. The number of hydrogen-bond donors (Lipinski definition) is 0. The second kappa shape index (κ2) is 25.1. The maximum Gasteiger partial charge on any atom is 0.501 e. The molecule has 0 N–H and O–H groups in total. The molecular formula is C39H66O7Si. The zero-order valence-corrected chi connectivity index (χ0v) is 31.6. The number of methoxy groups -OCH3 is 1. The van der Waals surface area contributed by atoms with Gasteiger partial charge in [-0.05, 0) is 88.3 Å². The van der Waals surface area contributed by atoms with Gasteiger partial charge in [0.15, 0.2) is 0 Å². The van der Waals surface area contributed by atoms with Gasteiger partial charge in [-0.3, -0.25) is 0 Å². The summed E-state index contributed by atoms with van der Waals surface area (Å²) >= 11 is 0. The summed E-state index contributed by atoms with van der Waals surface area (Å²) in [6.07, 6.45) is 13.0. The molecule has 0 unspecified atom stereocenters. The second-order valence-electron chi connectivity index (χ2n) is 12.4. The zero-order valence-electron chi connectivity index (χ0n) is 30.6. The first kappa shape index (κ1) is 41.2. The Balaban J connectivity index is 1.55. The number of benzene rings is 2. The number of rotatable bonds is 30. The molecule has 0 amide bonds. The Morgan fingerprint density at radius 3 is 1.36 bits per heavy atom. The highest BCUT2D eigenvalue weighted by molar-refractivity contribution is 6.60. The maximum atomic E-state index is 6.01. The summed E-state index contributed by atoms with van der Waals surface area (Å²) in [5.74, 6) is 1.79. The minimum Gasteiger partial charge on any atom is -0.494 e. The first-order chi connectivity index (χ1) is 23.0. The molecule has 0 atom stereocenters. The third-order valence-corrected chi connectivity index (χ3v) is 12.0. The van der Waals surface area contributed by atoms with Gasteiger partial charge in [-0.2, -0.15) is 0 Å². The molecule has 268 valence electrons. The minimum atomic E-state index is -2.62. The van der Waals surface area contributed by atoms with E-state index >= 15 is 0 Å². The molecule has 47 heavy (non-hydrogen) atoms. The molecule has 2 rings (SSSR count). The lowest BCUT2D eigenvalue weighted by Gasteiger charge is -2.30. The van der Waals surface area contributed by atoms with Crippen LogP contribution in [0.3, 0.4) is 0 Å². The monoisotopic (exact) mass is 674 g/mol. The molecule has 0 aliphatic carbocycles. The standard InChI is InChI=1S/C39H66O7Si/c1-7-39(8-2,33-40-6)34-41-29-18-16-14-12-13-15-17-19-30-42-37-25-21-35(22-26-37)36-23-27-38(28-24-36)43-31-20-32-47(44-9-3,45-10-4)46-11-5/h21-28H,7-20,29-34H2,1-6H3. The molecule has 0 saturated carbocycles. The third-order valence-electron chi connectivity index (χ3n) is 8.84. The SMILES string of the molecule is CCO[Si](CCCOc1ccc(-c2ccc(OCCCCCCCCCCOCC(CC)(CC)COC)cc2)cc1)(OCC)OCC. The fourth-order valence-electron chi connectivity index (χ4n) is 5.82. The molecule has 0 aliphatic heterocycles. The minimum absolute atomic E-state index is 0.182. The van der Waals surface area contributed by atoms with Crippen LogP contribution in [0.4, 0.5) is 0 Å². The van der Waals surface area contributed by atoms with Crippen LogP contribution < -0.4 is 9.47 Å². The van der Waals surface area contributed by atoms with E-state index in [0.29, 0.717) is 26.4 Å². The summed E-state index contributed by atoms with van der Waals surface area (Å²) in [4.78, 5) is 0. The Morgan fingerprint density at radius 1 is 0.511 bits per heavy atom. The third kappa shape index (κ3) is 16.3. The summed E-state index contributed by atoms with van der Waals surface area (Å²) in [5, 5.41) is 0. The van der Waals surface area contributed by atoms with Crippen molar-refractivity contribution in [2.45, 2.75) is 111 Å². The van der Waals surface area contributed by atoms with Gasteiger partial charge in [0.1, 0.15) is 11.5 Å². The van der Waals surface area contributed by atoms with Crippen molar-refractivity contribution >= 4 is 8.80 Å². The van der Waals surface area contributed by atoms with Crippen molar-refractivity contribution in [2.75, 3.05) is 60.0 Å². The van der Waals surface area contributed by atoms with Crippen molar-refractivity contribution in [3.63, 3.8) is 0 Å². The van der Waals surface area contributed by atoms with E-state index < -0.39 is 8.80 Å². The van der Waals surface area contributed by atoms with Crippen LogP contribution in [0.1, 0.15) is 105 Å². The molecular weight excluding hydrogens is 609 g/mol. The Kier molecular flexibility index (Phi) is 22.0. The van der Waals surface area contributed by atoms with Crippen LogP contribution in [0, 0.1) is 5.41 Å². The highest BCUT2D eigenvalue weighted by Crippen LogP contribution is 2.28. The fourth-order valence-corrected chi connectivity index (χ4v) is 8.40. The van der Waals surface area contributed by atoms with Gasteiger partial charge in [0.2, 0.25) is 0 Å². The highest BCUT2D eigenvalue weighted by atomic mass is 28.4. The van der Waals surface area contributed by atoms with Gasteiger partial charge in [0.05, 0.1) is 26.4 Å². The van der Waals surface area contributed by atoms with Crippen molar-refractivity contribution in [2.24, 2.45) is 5.41 Å². The maximum absolute atomic E-state index is 6.01. The topological polar surface area (TPSA) is 64.6 Å². The predicted molar refractivity (Wildman–Crippen MR) is 196 cm³/mol. The van der Waals surface area contributed by atoms with E-state index in [2.05, 4.69) is 50.2 Å². The van der Waals surface area contributed by atoms with E-state index in [0.717, 1.165) is 87.2 Å². The molecule has 0 aromatic heterocycles. The Hall–Kier alpha value is -1.94. The fraction of sp³-hybridized carbons (Fsp3) is 0.692. The summed E-state index contributed by atoms with van der Waals surface area (Å²) < 4.78 is 41.3. The lowest BCUT2D eigenvalue weighted by atomic mass is 9.84. The Labute approximate surface area is 288 Å². The molecule has 0 heterocycles. The quantitative estimate of drug-likeness (QED) is 0.0604. The summed E-state index contributed by atoms with van der Waals surface area (Å²) in [6.45, 7) is 16.0. The lowest BCUT2D eigenvalue weighted by Crippen LogP contribution is -2.46. The summed E-state index contributed by atoms with van der Waals surface area (Å²) in [7, 11) is -0.831. The largest absolute Gasteiger partial charge is 0.501 e. The van der Waals surface area contributed by atoms with E-state index in [-0.39, 0.29) is 5.41 Å². The van der Waals surface area contributed by atoms with Gasteiger partial charge >= 0.3 is 8.80 Å². The van der Waals surface area contributed by atoms with Crippen molar-refractivity contribution in [1.29, 1.82) is 0 Å². The smallest absolute Gasteiger partial charge is 0.494 e. The van der Waals surface area contributed by atoms with Crippen molar-refractivity contribution in [3.8, 4) is 22.6 Å². The average molecular weight is 675 g/mol. The molecule has 2 aromatic rings. The van der Waals surface area contributed by atoms with Crippen LogP contribution in [-0.4, -0.2) is 68.8 Å². The molecule has 0 fully saturated rings. The molecule has 0 spiro atoms. The molecule has 0 bridgehead atoms. The van der Waals surface area contributed by atoms with Crippen LogP contribution in [0.2, 0.25) is 6.04 Å². The van der Waals surface area contributed by atoms with E-state index in [1.165, 1.54) is 38.5 Å². The molecule has 0 radical (unpaired) electrons. The van der Waals surface area contributed by atoms with Crippen molar-refractivity contribution in [3.05, 3.63) is 48.5 Å². The van der Waals surface area contributed by atoms with E-state index in [1.807, 2.05) is 32.9 Å². The van der Waals surface area contributed by atoms with Gasteiger partial charge in [-0.25, -0.2) is 0 Å². The van der Waals surface area contributed by atoms with Gasteiger partial charge in [-0.1, -0.05) is 76.6 Å². The van der Waals surface area contributed by atoms with Gasteiger partial charge in [0.25, 0.3) is 0 Å². The van der Waals surface area contributed by atoms with Crippen LogP contribution >= 0.6 is 0 Å². The molecule has 0 aliphatic rings. The van der Waals surface area contributed by atoms with Crippen molar-refractivity contribution in [1.82, 2.24) is 0 Å². The molecule has 8 heteroatoms. The van der Waals surface area contributed by atoms with Crippen LogP contribution in [0.5, 0.6) is 11.5 Å². The number of unbranched alkanes of at least 4 members (excludes halogenated alkanes) is 7. The first-order valence-electron chi connectivity index (χ1n) is 18.4. The second-order valence-corrected chi connectivity index (χ2v) is 15.1. The summed E-state index contributed by atoms with van der Waals surface area (Å²) in [5.41, 5.74) is 2.50. The molecule has 0 saturated heterocycles. The lowest BCUT2D eigenvalue weighted by molar-refractivity contribution is -0.0140. The molecule has 7 nitrogen and oxygen atoms in total. The first-order valence-corrected chi connectivity index (χ1v) is 20.4. The van der Waals surface area contributed by atoms with Crippen LogP contribution in [0.25, 0.3) is 11.1 Å². The predicted octanol–water partition coefficient (Wildman–Crippen LogP) is 10.1. The highest BCUT2D eigenvalue weighted by Gasteiger charge is 2.39.